The van der Waals surface area contributed by atoms with Crippen molar-refractivity contribution in [3.05, 3.63) is 24.8 Å². The molecule has 5 heteroatoms. The molecule has 1 aliphatic rings. The van der Waals surface area contributed by atoms with E-state index in [4.69, 9.17) is 4.74 Å². The summed E-state index contributed by atoms with van der Waals surface area (Å²) in [6, 6.07) is 4.08. The number of ether oxygens (including phenoxy) is 1. The second-order valence-electron chi connectivity index (χ2n) is 3.41. The molecule has 1 aliphatic heterocycles. The summed E-state index contributed by atoms with van der Waals surface area (Å²) in [6.07, 6.45) is 0. The van der Waals surface area contributed by atoms with E-state index in [0.29, 0.717) is 12.4 Å². The molecule has 0 saturated carbocycles. The first-order valence-electron chi connectivity index (χ1n) is 4.67. The predicted molar refractivity (Wildman–Crippen MR) is 75.1 cm³/mol. The van der Waals surface area contributed by atoms with E-state index < -0.39 is 0 Å². The van der Waals surface area contributed by atoms with E-state index in [1.165, 1.54) is 0 Å². The molecule has 1 heterocycles. The zero-order chi connectivity index (χ0) is 10.8. The molecule has 0 spiro atoms. The Kier molecular flexibility index (Phi) is 4.08. The highest BCUT2D eigenvalue weighted by Gasteiger charge is 2.20. The lowest BCUT2D eigenvalue weighted by atomic mass is 10.1. The molecule has 1 aromatic carbocycles. The minimum atomic E-state index is 0.113. The second kappa shape index (κ2) is 5.15. The lowest BCUT2D eigenvalue weighted by molar-refractivity contribution is 0.0760. The Hall–Kier alpha value is 0.400. The predicted octanol–water partition coefficient (Wildman–Crippen LogP) is 2.26. The van der Waals surface area contributed by atoms with Crippen LogP contribution in [-0.2, 0) is 4.74 Å². The Balaban J connectivity index is 2.33. The van der Waals surface area contributed by atoms with Crippen LogP contribution in [0.4, 0.5) is 0 Å². The van der Waals surface area contributed by atoms with Gasteiger partial charge in [0.15, 0.2) is 0 Å². The number of hydrogen-bond acceptors (Lipinski definition) is 3. The lowest BCUT2D eigenvalue weighted by Gasteiger charge is -2.25. The number of halogens is 2. The standard InChI is InChI=1S/C10H11I2NO2/c11-6-3-7(10(14)8(12)4-6)9-5-15-2-1-13-9/h3-4,9,13-14H,1-2,5H2/t9-/m0/s1. The van der Waals surface area contributed by atoms with Crippen molar-refractivity contribution in [2.24, 2.45) is 0 Å². The zero-order valence-corrected chi connectivity index (χ0v) is 12.3. The van der Waals surface area contributed by atoms with E-state index in [9.17, 15) is 5.11 Å². The van der Waals surface area contributed by atoms with Crippen molar-refractivity contribution in [1.82, 2.24) is 5.32 Å². The largest absolute Gasteiger partial charge is 0.506 e. The van der Waals surface area contributed by atoms with E-state index in [-0.39, 0.29) is 6.04 Å². The average molecular weight is 431 g/mol. The molecule has 0 bridgehead atoms. The molecule has 2 N–H and O–H groups in total. The van der Waals surface area contributed by atoms with Crippen LogP contribution >= 0.6 is 45.2 Å². The third kappa shape index (κ3) is 2.75. The SMILES string of the molecule is Oc1c(I)cc(I)cc1[C@@H]1COCCN1. The van der Waals surface area contributed by atoms with E-state index in [0.717, 1.165) is 25.9 Å². The summed E-state index contributed by atoms with van der Waals surface area (Å²) in [5, 5.41) is 13.3. The summed E-state index contributed by atoms with van der Waals surface area (Å²) < 4.78 is 7.42. The Morgan fingerprint density at radius 1 is 1.40 bits per heavy atom. The molecule has 15 heavy (non-hydrogen) atoms. The highest BCUT2D eigenvalue weighted by Crippen LogP contribution is 2.32. The van der Waals surface area contributed by atoms with Gasteiger partial charge in [-0.3, -0.25) is 0 Å². The van der Waals surface area contributed by atoms with Gasteiger partial charge in [-0.25, -0.2) is 0 Å². The molecule has 3 nitrogen and oxygen atoms in total. The molecular weight excluding hydrogens is 420 g/mol. The van der Waals surface area contributed by atoms with Crippen LogP contribution in [0.5, 0.6) is 5.75 Å². The van der Waals surface area contributed by atoms with Gasteiger partial charge in [0.05, 0.1) is 22.8 Å². The number of benzene rings is 1. The van der Waals surface area contributed by atoms with Crippen LogP contribution in [0.3, 0.4) is 0 Å². The maximum absolute atomic E-state index is 9.97. The van der Waals surface area contributed by atoms with Crippen LogP contribution in [-0.4, -0.2) is 24.9 Å². The lowest BCUT2D eigenvalue weighted by Crippen LogP contribution is -2.34. The van der Waals surface area contributed by atoms with E-state index >= 15 is 0 Å². The van der Waals surface area contributed by atoms with Crippen LogP contribution in [0.1, 0.15) is 11.6 Å². The molecule has 0 aliphatic carbocycles. The first kappa shape index (κ1) is 11.9. The second-order valence-corrected chi connectivity index (χ2v) is 5.81. The normalized spacial score (nSPS) is 21.6. The van der Waals surface area contributed by atoms with Crippen LogP contribution < -0.4 is 5.32 Å². The van der Waals surface area contributed by atoms with Gasteiger partial charge in [0.2, 0.25) is 0 Å². The topological polar surface area (TPSA) is 41.5 Å². The number of hydrogen-bond donors (Lipinski definition) is 2. The fraction of sp³-hybridized carbons (Fsp3) is 0.400. The molecule has 0 radical (unpaired) electrons. The molecule has 2 rings (SSSR count). The fourth-order valence-corrected chi connectivity index (χ4v) is 3.51. The minimum absolute atomic E-state index is 0.113. The molecular formula is C10H11I2NO2. The van der Waals surface area contributed by atoms with Crippen LogP contribution in [0.15, 0.2) is 12.1 Å². The van der Waals surface area contributed by atoms with Crippen molar-refractivity contribution in [2.45, 2.75) is 6.04 Å². The van der Waals surface area contributed by atoms with Gasteiger partial charge in [-0.05, 0) is 57.3 Å². The zero-order valence-electron chi connectivity index (χ0n) is 7.96. The van der Waals surface area contributed by atoms with Gasteiger partial charge in [0.1, 0.15) is 5.75 Å². The maximum atomic E-state index is 9.97. The number of nitrogens with one attached hydrogen (secondary N) is 1. The number of phenols is 1. The molecule has 0 amide bonds. The van der Waals surface area contributed by atoms with Crippen molar-refractivity contribution in [3.63, 3.8) is 0 Å². The van der Waals surface area contributed by atoms with Gasteiger partial charge < -0.3 is 15.2 Å². The first-order valence-corrected chi connectivity index (χ1v) is 6.83. The highest BCUT2D eigenvalue weighted by molar-refractivity contribution is 14.1. The molecule has 0 aromatic heterocycles. The van der Waals surface area contributed by atoms with E-state index in [1.54, 1.807) is 0 Å². The molecule has 1 fully saturated rings. The van der Waals surface area contributed by atoms with Gasteiger partial charge in [-0.2, -0.15) is 0 Å². The molecule has 1 aromatic rings. The smallest absolute Gasteiger partial charge is 0.133 e. The van der Waals surface area contributed by atoms with Crippen molar-refractivity contribution >= 4 is 45.2 Å². The van der Waals surface area contributed by atoms with Crippen molar-refractivity contribution < 1.29 is 9.84 Å². The van der Waals surface area contributed by atoms with Crippen molar-refractivity contribution in [1.29, 1.82) is 0 Å². The first-order chi connectivity index (χ1) is 7.18. The monoisotopic (exact) mass is 431 g/mol. The van der Waals surface area contributed by atoms with Gasteiger partial charge >= 0.3 is 0 Å². The minimum Gasteiger partial charge on any atom is -0.506 e. The van der Waals surface area contributed by atoms with Gasteiger partial charge in [-0.15, -0.1) is 0 Å². The number of aromatic hydroxyl groups is 1. The number of phenolic OH excluding ortho intramolecular Hbond substituents is 1. The van der Waals surface area contributed by atoms with E-state index in [1.807, 2.05) is 12.1 Å². The summed E-state index contributed by atoms with van der Waals surface area (Å²) in [7, 11) is 0. The molecule has 0 unspecified atom stereocenters. The Bertz CT molecular complexity index is 365. The van der Waals surface area contributed by atoms with Gasteiger partial charge in [-0.1, -0.05) is 0 Å². The Morgan fingerprint density at radius 3 is 2.87 bits per heavy atom. The van der Waals surface area contributed by atoms with Crippen LogP contribution in [0, 0.1) is 7.14 Å². The third-order valence-corrected chi connectivity index (χ3v) is 3.80. The van der Waals surface area contributed by atoms with E-state index in [2.05, 4.69) is 50.5 Å². The molecule has 1 saturated heterocycles. The summed E-state index contributed by atoms with van der Waals surface area (Å²) in [6.45, 7) is 2.22. The Labute approximate surface area is 116 Å². The molecule has 82 valence electrons. The van der Waals surface area contributed by atoms with Crippen LogP contribution in [0.2, 0.25) is 0 Å². The fourth-order valence-electron chi connectivity index (χ4n) is 1.62. The summed E-state index contributed by atoms with van der Waals surface area (Å²) in [4.78, 5) is 0. The molecule has 1 atom stereocenters. The number of rotatable bonds is 1. The number of morpholine rings is 1. The van der Waals surface area contributed by atoms with Crippen molar-refractivity contribution in [3.8, 4) is 5.75 Å². The maximum Gasteiger partial charge on any atom is 0.133 e. The summed E-state index contributed by atoms with van der Waals surface area (Å²) in [5.41, 5.74) is 0.936. The third-order valence-electron chi connectivity index (χ3n) is 2.35. The quantitative estimate of drug-likeness (QED) is 0.671. The Morgan fingerprint density at radius 2 is 2.20 bits per heavy atom. The van der Waals surface area contributed by atoms with Gasteiger partial charge in [0.25, 0.3) is 0 Å². The average Bonchev–Trinajstić information content (AvgIpc) is 2.24. The highest BCUT2D eigenvalue weighted by atomic mass is 127. The van der Waals surface area contributed by atoms with Crippen molar-refractivity contribution in [2.75, 3.05) is 19.8 Å². The summed E-state index contributed by atoms with van der Waals surface area (Å²) >= 11 is 4.41. The summed E-state index contributed by atoms with van der Waals surface area (Å²) in [5.74, 6) is 0.374. The van der Waals surface area contributed by atoms with Crippen LogP contribution in [0.25, 0.3) is 0 Å². The van der Waals surface area contributed by atoms with Gasteiger partial charge in [0, 0.05) is 15.7 Å².